The van der Waals surface area contributed by atoms with Gasteiger partial charge in [-0.15, -0.1) is 0 Å². The standard InChI is InChI=1S/C40H74NO10P/c1-3-5-7-9-11-13-15-17-18-20-22-24-26-28-30-32-39(43)51-36(34-49-52(46,47)50-35-37(41)40(44)45)33-48-38(42)31-29-27-25-23-21-19-16-14-12-10-8-6-4-2/h17-19,21,36-37H,3-16,20,22-35,41H2,1-2H3,(H,44,45)(H,46,47)/b18-17+,21-19+/t36-,37+/m1/s1. The monoisotopic (exact) mass is 760 g/mol. The molecule has 1 unspecified atom stereocenters. The molecule has 0 aliphatic carbocycles. The molecule has 52 heavy (non-hydrogen) atoms. The Morgan fingerprint density at radius 1 is 0.577 bits per heavy atom. The molecule has 304 valence electrons. The Morgan fingerprint density at radius 2 is 0.962 bits per heavy atom. The smallest absolute Gasteiger partial charge is 0.472 e. The Kier molecular flexibility index (Phi) is 34.6. The number of esters is 2. The van der Waals surface area contributed by atoms with Gasteiger partial charge in [0.2, 0.25) is 0 Å². The maximum atomic E-state index is 12.6. The molecule has 0 heterocycles. The Balaban J connectivity index is 4.44. The van der Waals surface area contributed by atoms with Crippen LogP contribution in [0.25, 0.3) is 0 Å². The molecule has 4 N–H and O–H groups in total. The number of ether oxygens (including phenoxy) is 2. The van der Waals surface area contributed by atoms with Gasteiger partial charge < -0.3 is 25.2 Å². The lowest BCUT2D eigenvalue weighted by atomic mass is 10.1. The number of unbranched alkanes of at least 4 members (excludes halogenated alkanes) is 20. The van der Waals surface area contributed by atoms with Gasteiger partial charge in [-0.1, -0.05) is 128 Å². The highest BCUT2D eigenvalue weighted by Crippen LogP contribution is 2.43. The van der Waals surface area contributed by atoms with Crippen LogP contribution in [-0.2, 0) is 37.5 Å². The summed E-state index contributed by atoms with van der Waals surface area (Å²) in [5.41, 5.74) is 5.32. The first kappa shape index (κ1) is 50.0. The molecule has 0 rings (SSSR count). The molecule has 0 bridgehead atoms. The molecular formula is C40H74NO10P. The summed E-state index contributed by atoms with van der Waals surface area (Å²) in [5.74, 6) is -2.41. The van der Waals surface area contributed by atoms with Crippen molar-refractivity contribution in [3.63, 3.8) is 0 Å². The van der Waals surface area contributed by atoms with Crippen LogP contribution in [0.3, 0.4) is 0 Å². The van der Waals surface area contributed by atoms with Crippen molar-refractivity contribution in [1.82, 2.24) is 0 Å². The molecule has 0 radical (unpaired) electrons. The maximum absolute atomic E-state index is 12.6. The maximum Gasteiger partial charge on any atom is 0.472 e. The Morgan fingerprint density at radius 3 is 1.42 bits per heavy atom. The quantitative estimate of drug-likeness (QED) is 0.0237. The average Bonchev–Trinajstić information content (AvgIpc) is 3.12. The highest BCUT2D eigenvalue weighted by Gasteiger charge is 2.28. The van der Waals surface area contributed by atoms with E-state index in [1.807, 2.05) is 0 Å². The van der Waals surface area contributed by atoms with Crippen LogP contribution in [0, 0.1) is 0 Å². The van der Waals surface area contributed by atoms with E-state index in [9.17, 15) is 23.8 Å². The first-order chi connectivity index (χ1) is 25.1. The Labute approximate surface area is 315 Å². The van der Waals surface area contributed by atoms with Crippen molar-refractivity contribution in [2.24, 2.45) is 5.73 Å². The van der Waals surface area contributed by atoms with Crippen LogP contribution in [0.5, 0.6) is 0 Å². The Bertz CT molecular complexity index is 989. The number of allylic oxidation sites excluding steroid dienone is 4. The highest BCUT2D eigenvalue weighted by atomic mass is 31.2. The third-order valence-electron chi connectivity index (χ3n) is 8.67. The predicted molar refractivity (Wildman–Crippen MR) is 208 cm³/mol. The number of carboxylic acid groups (broad SMARTS) is 1. The number of rotatable bonds is 38. The van der Waals surface area contributed by atoms with Crippen molar-refractivity contribution < 1.29 is 47.5 Å². The van der Waals surface area contributed by atoms with Crippen LogP contribution in [0.1, 0.15) is 181 Å². The molecule has 0 amide bonds. The molecule has 0 spiro atoms. The molecule has 0 aromatic rings. The molecule has 3 atom stereocenters. The third-order valence-corrected chi connectivity index (χ3v) is 9.62. The lowest BCUT2D eigenvalue weighted by molar-refractivity contribution is -0.161. The van der Waals surface area contributed by atoms with Crippen LogP contribution in [-0.4, -0.2) is 59.9 Å². The van der Waals surface area contributed by atoms with E-state index in [4.69, 9.17) is 24.8 Å². The normalized spacial score (nSPS) is 14.1. The number of hydrogen-bond donors (Lipinski definition) is 3. The van der Waals surface area contributed by atoms with E-state index >= 15 is 0 Å². The third kappa shape index (κ3) is 35.0. The van der Waals surface area contributed by atoms with Crippen LogP contribution >= 0.6 is 7.82 Å². The average molecular weight is 760 g/mol. The molecule has 0 aromatic carbocycles. The van der Waals surface area contributed by atoms with Crippen molar-refractivity contribution in [3.05, 3.63) is 24.3 Å². The van der Waals surface area contributed by atoms with Crippen molar-refractivity contribution in [1.29, 1.82) is 0 Å². The van der Waals surface area contributed by atoms with E-state index < -0.39 is 51.1 Å². The fourth-order valence-corrected chi connectivity index (χ4v) is 6.18. The van der Waals surface area contributed by atoms with E-state index in [0.717, 1.165) is 64.2 Å². The molecule has 0 aliphatic rings. The summed E-state index contributed by atoms with van der Waals surface area (Å²) in [6.07, 6.45) is 35.3. The zero-order valence-electron chi connectivity index (χ0n) is 32.7. The zero-order chi connectivity index (χ0) is 38.5. The molecule has 0 aliphatic heterocycles. The number of phosphoric ester groups is 1. The lowest BCUT2D eigenvalue weighted by Gasteiger charge is -2.20. The zero-order valence-corrected chi connectivity index (χ0v) is 33.5. The summed E-state index contributed by atoms with van der Waals surface area (Å²) in [6, 6.07) is -1.52. The number of carbonyl (C=O) groups excluding carboxylic acids is 2. The summed E-state index contributed by atoms with van der Waals surface area (Å²) < 4.78 is 32.6. The number of carboxylic acids is 1. The summed E-state index contributed by atoms with van der Waals surface area (Å²) in [7, 11) is -4.71. The molecule has 0 aromatic heterocycles. The number of aliphatic carboxylic acids is 1. The topological polar surface area (TPSA) is 172 Å². The highest BCUT2D eigenvalue weighted by molar-refractivity contribution is 7.47. The number of hydrogen-bond acceptors (Lipinski definition) is 9. The second-order valence-electron chi connectivity index (χ2n) is 13.8. The molecule has 0 saturated heterocycles. The number of phosphoric acid groups is 1. The van der Waals surface area contributed by atoms with Gasteiger partial charge in [0.15, 0.2) is 6.10 Å². The first-order valence-electron chi connectivity index (χ1n) is 20.4. The van der Waals surface area contributed by atoms with Gasteiger partial charge in [0, 0.05) is 12.8 Å². The van der Waals surface area contributed by atoms with Gasteiger partial charge in [-0.2, -0.15) is 0 Å². The van der Waals surface area contributed by atoms with Crippen molar-refractivity contribution in [3.8, 4) is 0 Å². The van der Waals surface area contributed by atoms with Gasteiger partial charge in [0.1, 0.15) is 12.6 Å². The number of carbonyl (C=O) groups is 3. The van der Waals surface area contributed by atoms with Crippen LogP contribution in [0.2, 0.25) is 0 Å². The van der Waals surface area contributed by atoms with Gasteiger partial charge in [-0.3, -0.25) is 23.4 Å². The van der Waals surface area contributed by atoms with Gasteiger partial charge in [-0.25, -0.2) is 4.57 Å². The van der Waals surface area contributed by atoms with Gasteiger partial charge in [0.05, 0.1) is 13.2 Å². The fraction of sp³-hybridized carbons (Fsp3) is 0.825. The van der Waals surface area contributed by atoms with Crippen molar-refractivity contribution in [2.45, 2.75) is 193 Å². The van der Waals surface area contributed by atoms with E-state index in [2.05, 4.69) is 42.7 Å². The summed E-state index contributed by atoms with van der Waals surface area (Å²) in [4.78, 5) is 45.8. The minimum Gasteiger partial charge on any atom is -0.480 e. The predicted octanol–water partition coefficient (Wildman–Crippen LogP) is 10.3. The van der Waals surface area contributed by atoms with E-state index in [1.165, 1.54) is 77.0 Å². The SMILES string of the molecule is CCCCCCCC/C=C/CCCCCCCC(=O)O[C@H](COC(=O)CCCCC/C=C/CCCCCCCC)COP(=O)(O)OC[C@H](N)C(=O)O. The lowest BCUT2D eigenvalue weighted by Crippen LogP contribution is -2.34. The molecule has 11 nitrogen and oxygen atoms in total. The van der Waals surface area contributed by atoms with Gasteiger partial charge >= 0.3 is 25.7 Å². The number of nitrogens with two attached hydrogens (primary N) is 1. The van der Waals surface area contributed by atoms with Crippen LogP contribution < -0.4 is 5.73 Å². The molecule has 0 fully saturated rings. The first-order valence-corrected chi connectivity index (χ1v) is 21.9. The largest absolute Gasteiger partial charge is 0.480 e. The second-order valence-corrected chi connectivity index (χ2v) is 15.2. The van der Waals surface area contributed by atoms with E-state index in [0.29, 0.717) is 12.8 Å². The molecular weight excluding hydrogens is 685 g/mol. The van der Waals surface area contributed by atoms with E-state index in [-0.39, 0.29) is 19.4 Å². The van der Waals surface area contributed by atoms with E-state index in [1.54, 1.807) is 0 Å². The summed E-state index contributed by atoms with van der Waals surface area (Å²) in [5, 5.41) is 8.87. The van der Waals surface area contributed by atoms with Crippen molar-refractivity contribution >= 4 is 25.7 Å². The molecule has 0 saturated carbocycles. The van der Waals surface area contributed by atoms with Crippen molar-refractivity contribution in [2.75, 3.05) is 19.8 Å². The molecule has 12 heteroatoms. The minimum atomic E-state index is -4.71. The summed E-state index contributed by atoms with van der Waals surface area (Å²) in [6.45, 7) is 2.76. The Hall–Kier alpha value is -2.04. The van der Waals surface area contributed by atoms with Gasteiger partial charge in [0.25, 0.3) is 0 Å². The van der Waals surface area contributed by atoms with Gasteiger partial charge in [-0.05, 0) is 64.2 Å². The fourth-order valence-electron chi connectivity index (χ4n) is 5.41. The minimum absolute atomic E-state index is 0.150. The van der Waals surface area contributed by atoms with Crippen LogP contribution in [0.4, 0.5) is 0 Å². The van der Waals surface area contributed by atoms with Crippen LogP contribution in [0.15, 0.2) is 24.3 Å². The second kappa shape index (κ2) is 36.0. The summed E-state index contributed by atoms with van der Waals surface area (Å²) >= 11 is 0.